The maximum Gasteiger partial charge on any atom is 0.246 e. The number of benzene rings is 1. The average molecular weight is 492 g/mol. The van der Waals surface area contributed by atoms with Crippen LogP contribution >= 0.6 is 0 Å². The minimum atomic E-state index is -1.11. The zero-order valence-corrected chi connectivity index (χ0v) is 22.4. The van der Waals surface area contributed by atoms with Gasteiger partial charge in [0.15, 0.2) is 0 Å². The maximum absolute atomic E-state index is 14.2. The number of piperazine rings is 1. The summed E-state index contributed by atoms with van der Waals surface area (Å²) in [6, 6.07) is 4.19. The van der Waals surface area contributed by atoms with Crippen molar-refractivity contribution in [2.75, 3.05) is 18.9 Å². The first-order valence-electron chi connectivity index (χ1n) is 13.3. The van der Waals surface area contributed by atoms with E-state index in [0.717, 1.165) is 22.6 Å². The first kappa shape index (κ1) is 22.8. The minimum Gasteiger partial charge on any atom is -0.483 e. The monoisotopic (exact) mass is 491 g/mol. The highest BCUT2D eigenvalue weighted by molar-refractivity contribution is 6.10. The molecule has 3 spiro atoms. The Morgan fingerprint density at radius 3 is 2.56 bits per heavy atom. The Kier molecular flexibility index (Phi) is 3.81. The molecule has 8 rings (SSSR count). The Balaban J connectivity index is 1.43. The molecule has 0 aromatic heterocycles. The Morgan fingerprint density at radius 2 is 1.83 bits per heavy atom. The van der Waals surface area contributed by atoms with Gasteiger partial charge in [-0.15, -0.1) is 0 Å². The van der Waals surface area contributed by atoms with Crippen molar-refractivity contribution in [1.29, 1.82) is 0 Å². The molecule has 1 aliphatic carbocycles. The molecule has 1 aromatic rings. The Morgan fingerprint density at radius 1 is 1.11 bits per heavy atom. The zero-order chi connectivity index (χ0) is 25.8. The van der Waals surface area contributed by atoms with E-state index in [-0.39, 0.29) is 23.8 Å². The fourth-order valence-corrected chi connectivity index (χ4v) is 9.63. The van der Waals surface area contributed by atoms with Gasteiger partial charge >= 0.3 is 0 Å². The summed E-state index contributed by atoms with van der Waals surface area (Å²) in [6.07, 6.45) is 5.84. The summed E-state index contributed by atoms with van der Waals surface area (Å²) in [4.78, 5) is 32.5. The van der Waals surface area contributed by atoms with Gasteiger partial charge < -0.3 is 20.1 Å². The molecule has 7 nitrogen and oxygen atoms in total. The lowest BCUT2D eigenvalue weighted by Gasteiger charge is -2.66. The molecule has 1 saturated carbocycles. The molecule has 0 radical (unpaired) electrons. The van der Waals surface area contributed by atoms with Crippen molar-refractivity contribution in [3.05, 3.63) is 29.3 Å². The number of ether oxygens (including phenoxy) is 1. The lowest BCUT2D eigenvalue weighted by Crippen LogP contribution is -2.82. The van der Waals surface area contributed by atoms with Gasteiger partial charge in [0.1, 0.15) is 16.9 Å². The van der Waals surface area contributed by atoms with Crippen LogP contribution in [0.5, 0.6) is 5.75 Å². The molecule has 2 bridgehead atoms. The summed E-state index contributed by atoms with van der Waals surface area (Å²) in [5.41, 5.74) is -1.37. The van der Waals surface area contributed by atoms with Crippen LogP contribution in [0.1, 0.15) is 71.9 Å². The standard InChI is InChI=1S/C29H37N3O4/c1-16-12-26(6,35)29-13-20-25(4,5)28(14-27(20,15-32(16)29)31(7)23(29)34)18-8-9-19-17(21(18)30-22(28)33)10-11-24(2,3)36-19/h8-11,16,20,35H,12-15H2,1-7H3,(H,30,33)/t16?,20-,26-,27+,28+,29-/m0/s1. The summed E-state index contributed by atoms with van der Waals surface area (Å²) in [7, 11) is 1.90. The number of fused-ring (bicyclic) bond motifs is 5. The lowest BCUT2D eigenvalue weighted by molar-refractivity contribution is -0.208. The summed E-state index contributed by atoms with van der Waals surface area (Å²) in [5, 5.41) is 14.9. The fourth-order valence-electron chi connectivity index (χ4n) is 9.63. The van der Waals surface area contributed by atoms with Crippen molar-refractivity contribution in [3.63, 3.8) is 0 Å². The molecule has 36 heavy (non-hydrogen) atoms. The van der Waals surface area contributed by atoms with Gasteiger partial charge in [-0.1, -0.05) is 19.9 Å². The largest absolute Gasteiger partial charge is 0.483 e. The molecule has 2 N–H and O–H groups in total. The molecular weight excluding hydrogens is 454 g/mol. The van der Waals surface area contributed by atoms with Gasteiger partial charge in [-0.2, -0.15) is 0 Å². The normalized spacial score (nSPS) is 44.8. The topological polar surface area (TPSA) is 82.1 Å². The number of amides is 2. The van der Waals surface area contributed by atoms with Crippen LogP contribution in [0.2, 0.25) is 0 Å². The fraction of sp³-hybridized carbons (Fsp3) is 0.655. The molecule has 5 fully saturated rings. The Labute approximate surface area is 212 Å². The first-order chi connectivity index (χ1) is 16.6. The van der Waals surface area contributed by atoms with Gasteiger partial charge in [-0.3, -0.25) is 14.5 Å². The number of aliphatic hydroxyl groups is 1. The van der Waals surface area contributed by atoms with E-state index in [2.05, 4.69) is 43.1 Å². The second kappa shape index (κ2) is 6.02. The molecule has 6 atom stereocenters. The van der Waals surface area contributed by atoms with Crippen LogP contribution in [0, 0.1) is 11.3 Å². The minimum absolute atomic E-state index is 0.00911. The highest BCUT2D eigenvalue weighted by Gasteiger charge is 2.82. The predicted molar refractivity (Wildman–Crippen MR) is 137 cm³/mol. The number of likely N-dealkylation sites (N-methyl/N-ethyl adjacent to an activating group) is 1. The van der Waals surface area contributed by atoms with Crippen LogP contribution in [0.3, 0.4) is 0 Å². The molecule has 6 heterocycles. The number of hydrogen-bond donors (Lipinski definition) is 2. The van der Waals surface area contributed by atoms with Gasteiger partial charge in [-0.05, 0) is 82.1 Å². The van der Waals surface area contributed by atoms with Gasteiger partial charge in [0, 0.05) is 25.2 Å². The second-order valence-electron chi connectivity index (χ2n) is 13.7. The first-order valence-corrected chi connectivity index (χ1v) is 13.3. The molecule has 2 amide bonds. The van der Waals surface area contributed by atoms with E-state index in [1.807, 2.05) is 44.9 Å². The van der Waals surface area contributed by atoms with Crippen LogP contribution in [0.25, 0.3) is 6.08 Å². The number of nitrogens with one attached hydrogen (secondary N) is 1. The van der Waals surface area contributed by atoms with Crippen molar-refractivity contribution in [1.82, 2.24) is 9.80 Å². The van der Waals surface area contributed by atoms with Crippen LogP contribution in [0.15, 0.2) is 18.2 Å². The summed E-state index contributed by atoms with van der Waals surface area (Å²) < 4.78 is 6.21. The molecule has 4 saturated heterocycles. The Hall–Kier alpha value is -2.38. The number of nitrogens with zero attached hydrogens (tertiary/aromatic N) is 2. The summed E-state index contributed by atoms with van der Waals surface area (Å²) >= 11 is 0. The highest BCUT2D eigenvalue weighted by atomic mass is 16.5. The van der Waals surface area contributed by atoms with Gasteiger partial charge in [0.25, 0.3) is 0 Å². The third-order valence-electron chi connectivity index (χ3n) is 11.4. The molecule has 7 aliphatic rings. The van der Waals surface area contributed by atoms with E-state index >= 15 is 0 Å². The average Bonchev–Trinajstić information content (AvgIpc) is 3.27. The number of carbonyl (C=O) groups excluding carboxylic acids is 2. The van der Waals surface area contributed by atoms with E-state index in [1.165, 1.54) is 0 Å². The van der Waals surface area contributed by atoms with Crippen molar-refractivity contribution in [2.45, 2.75) is 94.5 Å². The smallest absolute Gasteiger partial charge is 0.246 e. The van der Waals surface area contributed by atoms with Crippen molar-refractivity contribution in [3.8, 4) is 5.75 Å². The molecule has 1 unspecified atom stereocenters. The molecular formula is C29H37N3O4. The molecule has 7 heteroatoms. The third-order valence-corrected chi connectivity index (χ3v) is 11.4. The van der Waals surface area contributed by atoms with Crippen molar-refractivity contribution >= 4 is 23.6 Å². The van der Waals surface area contributed by atoms with Crippen molar-refractivity contribution < 1.29 is 19.4 Å². The van der Waals surface area contributed by atoms with E-state index in [1.54, 1.807) is 0 Å². The Bertz CT molecular complexity index is 1300. The molecule has 6 aliphatic heterocycles. The van der Waals surface area contributed by atoms with Crippen LogP contribution in [-0.4, -0.2) is 68.6 Å². The number of piperidine rings is 2. The van der Waals surface area contributed by atoms with Gasteiger partial charge in [0.2, 0.25) is 11.8 Å². The molecule has 192 valence electrons. The quantitative estimate of drug-likeness (QED) is 0.582. The number of hydrogen-bond acceptors (Lipinski definition) is 5. The van der Waals surface area contributed by atoms with E-state index in [4.69, 9.17) is 4.74 Å². The second-order valence-corrected chi connectivity index (χ2v) is 13.7. The van der Waals surface area contributed by atoms with Crippen LogP contribution in [-0.2, 0) is 15.0 Å². The zero-order valence-electron chi connectivity index (χ0n) is 22.4. The SMILES string of the molecule is CC1C[C@](C)(O)[C@@]23C[C@H]4C(C)(C)[C@@]5(C[C@]4(CN12)N(C)C3=O)C(=O)Nc1c5ccc2c1C=CC(C)(C)O2. The van der Waals surface area contributed by atoms with Crippen molar-refractivity contribution in [2.24, 2.45) is 11.3 Å². The van der Waals surface area contributed by atoms with Gasteiger partial charge in [-0.25, -0.2) is 0 Å². The molecule has 1 aromatic carbocycles. The lowest BCUT2D eigenvalue weighted by atomic mass is 9.55. The maximum atomic E-state index is 14.2. The predicted octanol–water partition coefficient (Wildman–Crippen LogP) is 3.31. The van der Waals surface area contributed by atoms with E-state index in [0.29, 0.717) is 25.8 Å². The number of rotatable bonds is 0. The third kappa shape index (κ3) is 2.11. The van der Waals surface area contributed by atoms with Crippen LogP contribution < -0.4 is 10.1 Å². The van der Waals surface area contributed by atoms with Crippen LogP contribution in [0.4, 0.5) is 5.69 Å². The number of anilines is 1. The van der Waals surface area contributed by atoms with Gasteiger partial charge in [0.05, 0.1) is 22.2 Å². The summed E-state index contributed by atoms with van der Waals surface area (Å²) in [5.74, 6) is 0.872. The van der Waals surface area contributed by atoms with E-state index < -0.39 is 33.1 Å². The number of carbonyl (C=O) groups is 2. The highest BCUT2D eigenvalue weighted by Crippen LogP contribution is 2.73. The summed E-state index contributed by atoms with van der Waals surface area (Å²) in [6.45, 7) is 13.1. The van der Waals surface area contributed by atoms with E-state index in [9.17, 15) is 14.7 Å².